The standard InChI is InChI=1S/C17H18FN3O3/c18-12-3-6-15(7-4-12)24-16-8-5-13(10-19-16)20-17(23)21-9-1-2-14(22)11-21/h3-8,10,14,22H,1-2,9,11H2,(H,20,23). The van der Waals surface area contributed by atoms with Crippen LogP contribution in [0, 0.1) is 5.82 Å². The Kier molecular flexibility index (Phi) is 4.90. The van der Waals surface area contributed by atoms with E-state index in [9.17, 15) is 14.3 Å². The van der Waals surface area contributed by atoms with Crippen molar-refractivity contribution < 1.29 is 19.0 Å². The van der Waals surface area contributed by atoms with Crippen molar-refractivity contribution in [3.63, 3.8) is 0 Å². The number of aliphatic hydroxyl groups excluding tert-OH is 1. The third-order valence-corrected chi connectivity index (χ3v) is 3.71. The monoisotopic (exact) mass is 331 g/mol. The Labute approximate surface area is 138 Å². The lowest BCUT2D eigenvalue weighted by atomic mass is 10.1. The average Bonchev–Trinajstić information content (AvgIpc) is 2.59. The van der Waals surface area contributed by atoms with Gasteiger partial charge in [-0.25, -0.2) is 14.2 Å². The van der Waals surface area contributed by atoms with Gasteiger partial charge in [0.05, 0.1) is 18.0 Å². The number of aliphatic hydroxyl groups is 1. The number of carbonyl (C=O) groups is 1. The van der Waals surface area contributed by atoms with E-state index in [1.54, 1.807) is 17.0 Å². The highest BCUT2D eigenvalue weighted by Gasteiger charge is 2.22. The first-order valence-electron chi connectivity index (χ1n) is 7.73. The van der Waals surface area contributed by atoms with Gasteiger partial charge in [-0.3, -0.25) is 0 Å². The summed E-state index contributed by atoms with van der Waals surface area (Å²) in [5.41, 5.74) is 0.534. The zero-order valence-electron chi connectivity index (χ0n) is 13.0. The van der Waals surface area contributed by atoms with Crippen molar-refractivity contribution in [2.24, 2.45) is 0 Å². The normalized spacial score (nSPS) is 17.4. The summed E-state index contributed by atoms with van der Waals surface area (Å²) in [5, 5.41) is 12.4. The number of benzene rings is 1. The number of aromatic nitrogens is 1. The van der Waals surface area contributed by atoms with Gasteiger partial charge in [0.2, 0.25) is 5.88 Å². The Bertz CT molecular complexity index is 691. The largest absolute Gasteiger partial charge is 0.439 e. The molecule has 24 heavy (non-hydrogen) atoms. The van der Waals surface area contributed by atoms with Crippen molar-refractivity contribution in [1.82, 2.24) is 9.88 Å². The molecule has 0 aliphatic carbocycles. The summed E-state index contributed by atoms with van der Waals surface area (Å²) in [6.45, 7) is 0.965. The van der Waals surface area contributed by atoms with E-state index in [0.29, 0.717) is 30.4 Å². The van der Waals surface area contributed by atoms with Gasteiger partial charge in [-0.15, -0.1) is 0 Å². The molecule has 2 aromatic rings. The van der Waals surface area contributed by atoms with E-state index < -0.39 is 6.10 Å². The molecule has 0 saturated carbocycles. The summed E-state index contributed by atoms with van der Waals surface area (Å²) < 4.78 is 18.3. The lowest BCUT2D eigenvalue weighted by Gasteiger charge is -2.30. The number of ether oxygens (including phenoxy) is 1. The summed E-state index contributed by atoms with van der Waals surface area (Å²) in [6.07, 6.45) is 2.53. The minimum absolute atomic E-state index is 0.261. The number of hydrogen-bond acceptors (Lipinski definition) is 4. The fraction of sp³-hybridized carbons (Fsp3) is 0.294. The van der Waals surface area contributed by atoms with E-state index in [4.69, 9.17) is 4.74 Å². The number of likely N-dealkylation sites (tertiary alicyclic amines) is 1. The number of anilines is 1. The number of rotatable bonds is 3. The molecule has 1 unspecified atom stereocenters. The molecule has 0 spiro atoms. The number of piperidine rings is 1. The first-order valence-corrected chi connectivity index (χ1v) is 7.73. The van der Waals surface area contributed by atoms with Gasteiger partial charge in [0.25, 0.3) is 0 Å². The van der Waals surface area contributed by atoms with Crippen LogP contribution in [0.5, 0.6) is 11.6 Å². The van der Waals surface area contributed by atoms with Crippen LogP contribution in [0.1, 0.15) is 12.8 Å². The van der Waals surface area contributed by atoms with Crippen LogP contribution in [0.3, 0.4) is 0 Å². The van der Waals surface area contributed by atoms with Gasteiger partial charge in [-0.05, 0) is 43.2 Å². The topological polar surface area (TPSA) is 74.7 Å². The predicted octanol–water partition coefficient (Wildman–Crippen LogP) is 3.00. The molecule has 1 aliphatic rings. The van der Waals surface area contributed by atoms with Crippen molar-refractivity contribution in [3.8, 4) is 11.6 Å². The van der Waals surface area contributed by atoms with Gasteiger partial charge >= 0.3 is 6.03 Å². The number of nitrogens with one attached hydrogen (secondary N) is 1. The Balaban J connectivity index is 1.58. The number of halogens is 1. The maximum atomic E-state index is 12.8. The Morgan fingerprint density at radius 3 is 2.75 bits per heavy atom. The average molecular weight is 331 g/mol. The van der Waals surface area contributed by atoms with E-state index in [0.717, 1.165) is 12.8 Å². The maximum absolute atomic E-state index is 12.8. The lowest BCUT2D eigenvalue weighted by Crippen LogP contribution is -2.44. The lowest BCUT2D eigenvalue weighted by molar-refractivity contribution is 0.0883. The van der Waals surface area contributed by atoms with Crippen LogP contribution in [0.2, 0.25) is 0 Å². The van der Waals surface area contributed by atoms with Crippen molar-refractivity contribution in [2.75, 3.05) is 18.4 Å². The summed E-state index contributed by atoms with van der Waals surface area (Å²) in [4.78, 5) is 17.8. The maximum Gasteiger partial charge on any atom is 0.321 e. The second kappa shape index (κ2) is 7.27. The van der Waals surface area contributed by atoms with Crippen LogP contribution in [0.25, 0.3) is 0 Å². The van der Waals surface area contributed by atoms with Crippen LogP contribution in [0.15, 0.2) is 42.6 Å². The van der Waals surface area contributed by atoms with Gasteiger partial charge in [0.1, 0.15) is 11.6 Å². The highest BCUT2D eigenvalue weighted by Crippen LogP contribution is 2.21. The molecule has 2 heterocycles. The molecule has 6 nitrogen and oxygen atoms in total. The molecular formula is C17H18FN3O3. The van der Waals surface area contributed by atoms with Gasteiger partial charge < -0.3 is 20.1 Å². The molecule has 3 rings (SSSR count). The van der Waals surface area contributed by atoms with Gasteiger partial charge in [-0.1, -0.05) is 0 Å². The molecule has 1 atom stereocenters. The van der Waals surface area contributed by atoms with E-state index in [1.165, 1.54) is 30.5 Å². The fourth-order valence-electron chi connectivity index (χ4n) is 2.48. The molecule has 1 aliphatic heterocycles. The molecule has 0 bridgehead atoms. The molecule has 2 N–H and O–H groups in total. The van der Waals surface area contributed by atoms with Gasteiger partial charge in [-0.2, -0.15) is 0 Å². The number of carbonyl (C=O) groups excluding carboxylic acids is 1. The second-order valence-electron chi connectivity index (χ2n) is 5.61. The summed E-state index contributed by atoms with van der Waals surface area (Å²) in [5.74, 6) is 0.479. The van der Waals surface area contributed by atoms with Gasteiger partial charge in [0.15, 0.2) is 0 Å². The number of pyridine rings is 1. The smallest absolute Gasteiger partial charge is 0.321 e. The van der Waals surface area contributed by atoms with Crippen LogP contribution >= 0.6 is 0 Å². The van der Waals surface area contributed by atoms with E-state index in [2.05, 4.69) is 10.3 Å². The molecular weight excluding hydrogens is 313 g/mol. The van der Waals surface area contributed by atoms with Gasteiger partial charge in [0, 0.05) is 19.2 Å². The third-order valence-electron chi connectivity index (χ3n) is 3.71. The summed E-state index contributed by atoms with van der Waals surface area (Å²) in [6, 6.07) is 8.65. The Morgan fingerprint density at radius 2 is 2.08 bits per heavy atom. The molecule has 1 aromatic carbocycles. The SMILES string of the molecule is O=C(Nc1ccc(Oc2ccc(F)cc2)nc1)N1CCCC(O)C1. The molecule has 1 saturated heterocycles. The van der Waals surface area contributed by atoms with Crippen LogP contribution in [-0.2, 0) is 0 Å². The minimum atomic E-state index is -0.464. The summed E-state index contributed by atoms with van der Waals surface area (Å²) in [7, 11) is 0. The van der Waals surface area contributed by atoms with E-state index in [1.807, 2.05) is 0 Å². The third kappa shape index (κ3) is 4.20. The van der Waals surface area contributed by atoms with Crippen LogP contribution in [-0.4, -0.2) is 40.2 Å². The fourth-order valence-corrected chi connectivity index (χ4v) is 2.48. The van der Waals surface area contributed by atoms with Crippen molar-refractivity contribution >= 4 is 11.7 Å². The van der Waals surface area contributed by atoms with Crippen molar-refractivity contribution in [3.05, 3.63) is 48.4 Å². The van der Waals surface area contributed by atoms with E-state index in [-0.39, 0.29) is 11.8 Å². The van der Waals surface area contributed by atoms with Crippen molar-refractivity contribution in [1.29, 1.82) is 0 Å². The molecule has 126 valence electrons. The molecule has 2 amide bonds. The zero-order chi connectivity index (χ0) is 16.9. The minimum Gasteiger partial charge on any atom is -0.439 e. The van der Waals surface area contributed by atoms with Crippen LogP contribution in [0.4, 0.5) is 14.9 Å². The number of amides is 2. The molecule has 0 radical (unpaired) electrons. The Morgan fingerprint density at radius 1 is 1.29 bits per heavy atom. The number of nitrogens with zero attached hydrogens (tertiary/aromatic N) is 2. The van der Waals surface area contributed by atoms with Crippen LogP contribution < -0.4 is 10.1 Å². The highest BCUT2D eigenvalue weighted by molar-refractivity contribution is 5.89. The van der Waals surface area contributed by atoms with E-state index >= 15 is 0 Å². The molecule has 7 heteroatoms. The highest BCUT2D eigenvalue weighted by atomic mass is 19.1. The zero-order valence-corrected chi connectivity index (χ0v) is 13.0. The second-order valence-corrected chi connectivity index (χ2v) is 5.61. The Hall–Kier alpha value is -2.67. The summed E-state index contributed by atoms with van der Waals surface area (Å²) >= 11 is 0. The first kappa shape index (κ1) is 16.2. The first-order chi connectivity index (χ1) is 11.6. The number of β-amino-alcohol motifs (C(OH)–C–C–N with tert-alkyl or cyclic N) is 1. The molecule has 1 fully saturated rings. The quantitative estimate of drug-likeness (QED) is 0.907. The van der Waals surface area contributed by atoms with Crippen molar-refractivity contribution in [2.45, 2.75) is 18.9 Å². The molecule has 1 aromatic heterocycles. The predicted molar refractivity (Wildman–Crippen MR) is 86.5 cm³/mol. The number of hydrogen-bond donors (Lipinski definition) is 2. The number of urea groups is 1.